The summed E-state index contributed by atoms with van der Waals surface area (Å²) in [7, 11) is 1.84. The summed E-state index contributed by atoms with van der Waals surface area (Å²) >= 11 is 0. The molecular formula is C12H16ClN5O. The van der Waals surface area contributed by atoms with Crippen molar-refractivity contribution in [1.82, 2.24) is 20.1 Å². The van der Waals surface area contributed by atoms with Crippen LogP contribution in [0.2, 0.25) is 0 Å². The van der Waals surface area contributed by atoms with Crippen LogP contribution >= 0.6 is 12.4 Å². The van der Waals surface area contributed by atoms with E-state index in [-0.39, 0.29) is 18.3 Å². The van der Waals surface area contributed by atoms with Crippen LogP contribution in [-0.2, 0) is 20.1 Å². The molecule has 2 rings (SSSR count). The molecule has 7 heteroatoms. The fourth-order valence-corrected chi connectivity index (χ4v) is 1.58. The molecule has 0 bridgehead atoms. The van der Waals surface area contributed by atoms with Crippen molar-refractivity contribution in [2.24, 2.45) is 12.8 Å². The molecule has 0 aliphatic rings. The zero-order valence-electron chi connectivity index (χ0n) is 10.5. The van der Waals surface area contributed by atoms with Crippen LogP contribution in [0, 0.1) is 0 Å². The van der Waals surface area contributed by atoms with E-state index in [1.54, 1.807) is 29.2 Å². The van der Waals surface area contributed by atoms with Gasteiger partial charge in [-0.3, -0.25) is 14.5 Å². The molecule has 2 aromatic rings. The van der Waals surface area contributed by atoms with Crippen molar-refractivity contribution in [3.8, 4) is 0 Å². The predicted molar refractivity (Wildman–Crippen MR) is 73.8 cm³/mol. The summed E-state index contributed by atoms with van der Waals surface area (Å²) in [6.45, 7) is 0.774. The number of rotatable bonds is 4. The van der Waals surface area contributed by atoms with Gasteiger partial charge < -0.3 is 11.1 Å². The third-order valence-corrected chi connectivity index (χ3v) is 2.50. The lowest BCUT2D eigenvalue weighted by Crippen LogP contribution is -2.23. The Morgan fingerprint density at radius 2 is 2.32 bits per heavy atom. The van der Waals surface area contributed by atoms with E-state index in [0.717, 1.165) is 5.56 Å². The average molecular weight is 282 g/mol. The Balaban J connectivity index is 0.00000180. The first-order chi connectivity index (χ1) is 8.69. The highest BCUT2D eigenvalue weighted by Crippen LogP contribution is 2.02. The van der Waals surface area contributed by atoms with Crippen LogP contribution in [-0.4, -0.2) is 20.7 Å². The summed E-state index contributed by atoms with van der Waals surface area (Å²) in [5.74, 6) is -0.143. The van der Waals surface area contributed by atoms with Gasteiger partial charge in [-0.1, -0.05) is 0 Å². The van der Waals surface area contributed by atoms with Gasteiger partial charge in [-0.05, 0) is 12.1 Å². The lowest BCUT2D eigenvalue weighted by Gasteiger charge is -2.04. The number of carbonyl (C=O) groups excluding carboxylic acids is 1. The molecule has 0 fully saturated rings. The SMILES string of the molecule is Cl.Cn1cc(CNC(=O)c2ccnc(CN)c2)cn1. The molecule has 0 saturated carbocycles. The molecule has 1 amide bonds. The van der Waals surface area contributed by atoms with E-state index in [1.165, 1.54) is 0 Å². The minimum absolute atomic E-state index is 0. The second kappa shape index (κ2) is 6.86. The summed E-state index contributed by atoms with van der Waals surface area (Å²) in [4.78, 5) is 15.9. The molecule has 0 aliphatic heterocycles. The molecule has 19 heavy (non-hydrogen) atoms. The number of carbonyl (C=O) groups is 1. The quantitative estimate of drug-likeness (QED) is 0.860. The molecule has 2 heterocycles. The van der Waals surface area contributed by atoms with Crippen molar-refractivity contribution in [3.63, 3.8) is 0 Å². The predicted octanol–water partition coefficient (Wildman–Crippen LogP) is 0.626. The van der Waals surface area contributed by atoms with E-state index < -0.39 is 0 Å². The van der Waals surface area contributed by atoms with Crippen LogP contribution < -0.4 is 11.1 Å². The molecule has 0 spiro atoms. The van der Waals surface area contributed by atoms with Crippen molar-refractivity contribution < 1.29 is 4.79 Å². The smallest absolute Gasteiger partial charge is 0.251 e. The standard InChI is InChI=1S/C12H15N5O.ClH/c1-17-8-9(7-16-17)6-15-12(18)10-2-3-14-11(4-10)5-13;/h2-4,7-8H,5-6,13H2,1H3,(H,15,18);1H. The zero-order chi connectivity index (χ0) is 13.0. The van der Waals surface area contributed by atoms with Crippen LogP contribution in [0.15, 0.2) is 30.7 Å². The van der Waals surface area contributed by atoms with Crippen LogP contribution in [0.3, 0.4) is 0 Å². The number of pyridine rings is 1. The average Bonchev–Trinajstić information content (AvgIpc) is 2.82. The van der Waals surface area contributed by atoms with Gasteiger partial charge in [0.15, 0.2) is 0 Å². The van der Waals surface area contributed by atoms with Gasteiger partial charge in [0, 0.05) is 43.7 Å². The number of nitrogens with zero attached hydrogens (tertiary/aromatic N) is 3. The molecule has 0 unspecified atom stereocenters. The van der Waals surface area contributed by atoms with E-state index in [0.29, 0.717) is 24.3 Å². The topological polar surface area (TPSA) is 85.8 Å². The highest BCUT2D eigenvalue weighted by Gasteiger charge is 2.06. The number of amides is 1. The molecule has 0 aliphatic carbocycles. The summed E-state index contributed by atoms with van der Waals surface area (Å²) in [5, 5.41) is 6.85. The number of aryl methyl sites for hydroxylation is 1. The number of hydrogen-bond donors (Lipinski definition) is 2. The number of nitrogens with two attached hydrogens (primary N) is 1. The van der Waals surface area contributed by atoms with Gasteiger partial charge in [-0.2, -0.15) is 5.10 Å². The fraction of sp³-hybridized carbons (Fsp3) is 0.250. The number of nitrogens with one attached hydrogen (secondary N) is 1. The maximum Gasteiger partial charge on any atom is 0.251 e. The van der Waals surface area contributed by atoms with Gasteiger partial charge in [-0.25, -0.2) is 0 Å². The van der Waals surface area contributed by atoms with E-state index >= 15 is 0 Å². The van der Waals surface area contributed by atoms with E-state index in [9.17, 15) is 4.79 Å². The Hall–Kier alpha value is -1.92. The Morgan fingerprint density at radius 1 is 1.53 bits per heavy atom. The molecule has 102 valence electrons. The lowest BCUT2D eigenvalue weighted by molar-refractivity contribution is 0.0950. The zero-order valence-corrected chi connectivity index (χ0v) is 11.4. The fourth-order valence-electron chi connectivity index (χ4n) is 1.58. The molecule has 0 atom stereocenters. The normalized spacial score (nSPS) is 9.79. The second-order valence-corrected chi connectivity index (χ2v) is 3.94. The lowest BCUT2D eigenvalue weighted by atomic mass is 10.2. The maximum atomic E-state index is 11.9. The highest BCUT2D eigenvalue weighted by atomic mass is 35.5. The summed E-state index contributed by atoms with van der Waals surface area (Å²) < 4.78 is 1.69. The number of aromatic nitrogens is 3. The monoisotopic (exact) mass is 281 g/mol. The highest BCUT2D eigenvalue weighted by molar-refractivity contribution is 5.94. The third-order valence-electron chi connectivity index (χ3n) is 2.50. The first-order valence-electron chi connectivity index (χ1n) is 5.60. The van der Waals surface area contributed by atoms with Gasteiger partial charge in [0.2, 0.25) is 0 Å². The van der Waals surface area contributed by atoms with Crippen LogP contribution in [0.25, 0.3) is 0 Å². The van der Waals surface area contributed by atoms with Gasteiger partial charge in [0.25, 0.3) is 5.91 Å². The molecule has 2 aromatic heterocycles. The Labute approximate surface area is 117 Å². The Bertz CT molecular complexity index is 555. The third kappa shape index (κ3) is 4.04. The van der Waals surface area contributed by atoms with Crippen molar-refractivity contribution in [2.75, 3.05) is 0 Å². The molecule has 3 N–H and O–H groups in total. The van der Waals surface area contributed by atoms with Crippen molar-refractivity contribution >= 4 is 18.3 Å². The molecule has 6 nitrogen and oxygen atoms in total. The van der Waals surface area contributed by atoms with Crippen molar-refractivity contribution in [3.05, 3.63) is 47.5 Å². The summed E-state index contributed by atoms with van der Waals surface area (Å²) in [5.41, 5.74) is 7.70. The molecule has 0 saturated heterocycles. The first-order valence-corrected chi connectivity index (χ1v) is 5.60. The minimum Gasteiger partial charge on any atom is -0.348 e. The summed E-state index contributed by atoms with van der Waals surface area (Å²) in [6, 6.07) is 3.36. The molecule has 0 aromatic carbocycles. The first kappa shape index (κ1) is 15.1. The van der Waals surface area contributed by atoms with Crippen LogP contribution in [0.1, 0.15) is 21.6 Å². The largest absolute Gasteiger partial charge is 0.348 e. The molecule has 0 radical (unpaired) electrons. The van der Waals surface area contributed by atoms with Gasteiger partial charge in [-0.15, -0.1) is 12.4 Å². The summed E-state index contributed by atoms with van der Waals surface area (Å²) in [6.07, 6.45) is 5.16. The minimum atomic E-state index is -0.143. The second-order valence-electron chi connectivity index (χ2n) is 3.94. The number of halogens is 1. The van der Waals surface area contributed by atoms with Gasteiger partial charge in [0.05, 0.1) is 11.9 Å². The number of hydrogen-bond acceptors (Lipinski definition) is 4. The van der Waals surface area contributed by atoms with Gasteiger partial charge >= 0.3 is 0 Å². The van der Waals surface area contributed by atoms with E-state index in [1.807, 2.05) is 13.2 Å². The Morgan fingerprint density at radius 3 is 2.95 bits per heavy atom. The van der Waals surface area contributed by atoms with Gasteiger partial charge in [0.1, 0.15) is 0 Å². The van der Waals surface area contributed by atoms with E-state index in [4.69, 9.17) is 5.73 Å². The molecular weight excluding hydrogens is 266 g/mol. The van der Waals surface area contributed by atoms with Crippen molar-refractivity contribution in [2.45, 2.75) is 13.1 Å². The Kier molecular flexibility index (Phi) is 5.47. The van der Waals surface area contributed by atoms with Crippen LogP contribution in [0.4, 0.5) is 0 Å². The van der Waals surface area contributed by atoms with Crippen LogP contribution in [0.5, 0.6) is 0 Å². The van der Waals surface area contributed by atoms with Crippen molar-refractivity contribution in [1.29, 1.82) is 0 Å². The van der Waals surface area contributed by atoms with E-state index in [2.05, 4.69) is 15.4 Å². The maximum absolute atomic E-state index is 11.9.